The fraction of sp³-hybridized carbons (Fsp3) is 0.650. The molecule has 1 aliphatic heterocycles. The molecule has 1 unspecified atom stereocenters. The molecule has 0 amide bonds. The summed E-state index contributed by atoms with van der Waals surface area (Å²) >= 11 is 0. The molecular formula is C20H33BN2O2. The Kier molecular flexibility index (Phi) is 7.98. The van der Waals surface area contributed by atoms with Gasteiger partial charge in [0.1, 0.15) is 13.4 Å². The minimum atomic E-state index is -1.06. The molecule has 0 aliphatic carbocycles. The zero-order valence-electron chi connectivity index (χ0n) is 15.6. The van der Waals surface area contributed by atoms with Crippen LogP contribution in [0.25, 0.3) is 0 Å². The molecule has 0 saturated carbocycles. The first-order valence-corrected chi connectivity index (χ1v) is 9.82. The number of nitrogens with zero attached hydrogens (tertiary/aromatic N) is 1. The molecule has 1 fully saturated rings. The van der Waals surface area contributed by atoms with Crippen LogP contribution in [-0.4, -0.2) is 49.0 Å². The SMILES string of the molecule is BCCCCC(N)(CCN1CCC(Cc2ccccc2)CC1)C(=O)O. The van der Waals surface area contributed by atoms with Crippen molar-refractivity contribution < 1.29 is 9.90 Å². The molecule has 3 N–H and O–H groups in total. The molecule has 0 radical (unpaired) electrons. The largest absolute Gasteiger partial charge is 0.480 e. The summed E-state index contributed by atoms with van der Waals surface area (Å²) < 4.78 is 0. The third-order valence-corrected chi connectivity index (χ3v) is 5.60. The number of likely N-dealkylation sites (tertiary alicyclic amines) is 1. The lowest BCUT2D eigenvalue weighted by atomic mass is 9.87. The molecule has 0 spiro atoms. The van der Waals surface area contributed by atoms with Crippen molar-refractivity contribution in [1.82, 2.24) is 4.90 Å². The van der Waals surface area contributed by atoms with E-state index in [0.717, 1.165) is 51.1 Å². The van der Waals surface area contributed by atoms with E-state index in [9.17, 15) is 9.90 Å². The van der Waals surface area contributed by atoms with Gasteiger partial charge in [-0.1, -0.05) is 49.5 Å². The lowest BCUT2D eigenvalue weighted by Crippen LogP contribution is -2.50. The highest BCUT2D eigenvalue weighted by Crippen LogP contribution is 2.23. The number of hydrogen-bond donors (Lipinski definition) is 2. The van der Waals surface area contributed by atoms with E-state index in [4.69, 9.17) is 5.73 Å². The molecule has 0 aromatic heterocycles. The monoisotopic (exact) mass is 344 g/mol. The van der Waals surface area contributed by atoms with Crippen LogP contribution in [0.1, 0.15) is 44.1 Å². The van der Waals surface area contributed by atoms with Gasteiger partial charge in [-0.15, -0.1) is 0 Å². The molecule has 4 nitrogen and oxygen atoms in total. The Labute approximate surface area is 153 Å². The Morgan fingerprint density at radius 3 is 2.48 bits per heavy atom. The lowest BCUT2D eigenvalue weighted by molar-refractivity contribution is -0.144. The summed E-state index contributed by atoms with van der Waals surface area (Å²) in [5.74, 6) is -0.104. The summed E-state index contributed by atoms with van der Waals surface area (Å²) in [6.45, 7) is 2.91. The van der Waals surface area contributed by atoms with E-state index in [1.807, 2.05) is 0 Å². The standard InChI is InChI=1S/C20H33BN2O2/c21-12-5-4-10-20(22,19(24)25)11-15-23-13-8-18(9-14-23)16-17-6-2-1-3-7-17/h1-3,6-7,18H,4-5,8-16,21-22H2,(H,24,25). The summed E-state index contributed by atoms with van der Waals surface area (Å²) in [6, 6.07) is 10.7. The van der Waals surface area contributed by atoms with Crippen LogP contribution < -0.4 is 5.73 Å². The van der Waals surface area contributed by atoms with Crippen molar-refractivity contribution in [2.24, 2.45) is 11.7 Å². The van der Waals surface area contributed by atoms with Crippen molar-refractivity contribution in [3.8, 4) is 0 Å². The van der Waals surface area contributed by atoms with Crippen LogP contribution in [0.4, 0.5) is 0 Å². The smallest absolute Gasteiger partial charge is 0.323 e. The number of unbranched alkanes of at least 4 members (excludes halogenated alkanes) is 1. The normalized spacial score (nSPS) is 18.8. The summed E-state index contributed by atoms with van der Waals surface area (Å²) in [4.78, 5) is 14.0. The van der Waals surface area contributed by atoms with Gasteiger partial charge in [-0.3, -0.25) is 4.79 Å². The minimum absolute atomic E-state index is 0.551. The molecule has 2 rings (SSSR count). The molecule has 1 aromatic carbocycles. The third kappa shape index (κ3) is 6.48. The van der Waals surface area contributed by atoms with Crippen LogP contribution in [0.3, 0.4) is 0 Å². The van der Waals surface area contributed by atoms with Crippen LogP contribution in [-0.2, 0) is 11.2 Å². The van der Waals surface area contributed by atoms with E-state index >= 15 is 0 Å². The first kappa shape index (κ1) is 20.0. The molecule has 1 aromatic rings. The fourth-order valence-corrected chi connectivity index (χ4v) is 3.75. The van der Waals surface area contributed by atoms with Crippen LogP contribution >= 0.6 is 0 Å². The number of hydrogen-bond acceptors (Lipinski definition) is 3. The average Bonchev–Trinajstić information content (AvgIpc) is 2.62. The third-order valence-electron chi connectivity index (χ3n) is 5.60. The molecule has 1 aliphatic rings. The summed E-state index contributed by atoms with van der Waals surface area (Å²) in [5, 5.41) is 9.52. The van der Waals surface area contributed by atoms with Gasteiger partial charge >= 0.3 is 5.97 Å². The maximum Gasteiger partial charge on any atom is 0.323 e. The van der Waals surface area contributed by atoms with Crippen molar-refractivity contribution in [2.45, 2.75) is 56.8 Å². The van der Waals surface area contributed by atoms with Gasteiger partial charge < -0.3 is 15.7 Å². The average molecular weight is 344 g/mol. The Bertz CT molecular complexity index is 518. The van der Waals surface area contributed by atoms with E-state index in [1.165, 1.54) is 18.4 Å². The highest BCUT2D eigenvalue weighted by Gasteiger charge is 2.33. The Balaban J connectivity index is 1.74. The van der Waals surface area contributed by atoms with Crippen LogP contribution in [0.15, 0.2) is 30.3 Å². The van der Waals surface area contributed by atoms with Crippen LogP contribution in [0.5, 0.6) is 0 Å². The summed E-state index contributed by atoms with van der Waals surface area (Å²) in [7, 11) is 2.12. The Hall–Kier alpha value is -1.33. The second-order valence-electron chi connectivity index (χ2n) is 7.64. The van der Waals surface area contributed by atoms with E-state index in [1.54, 1.807) is 0 Å². The van der Waals surface area contributed by atoms with E-state index in [0.29, 0.717) is 12.8 Å². The van der Waals surface area contributed by atoms with Crippen LogP contribution in [0, 0.1) is 5.92 Å². The predicted molar refractivity (Wildman–Crippen MR) is 106 cm³/mol. The number of aliphatic carboxylic acids is 1. The molecule has 25 heavy (non-hydrogen) atoms. The maximum atomic E-state index is 11.6. The second-order valence-corrected chi connectivity index (χ2v) is 7.64. The molecule has 138 valence electrons. The molecule has 1 atom stereocenters. The number of carboxylic acid groups (broad SMARTS) is 1. The topological polar surface area (TPSA) is 66.6 Å². The highest BCUT2D eigenvalue weighted by molar-refractivity contribution is 6.08. The van der Waals surface area contributed by atoms with Gasteiger partial charge in [0.15, 0.2) is 0 Å². The van der Waals surface area contributed by atoms with Crippen LogP contribution in [0.2, 0.25) is 6.32 Å². The first-order valence-electron chi connectivity index (χ1n) is 9.82. The maximum absolute atomic E-state index is 11.6. The quantitative estimate of drug-likeness (QED) is 0.505. The summed E-state index contributed by atoms with van der Waals surface area (Å²) in [6.07, 6.45) is 7.71. The fourth-order valence-electron chi connectivity index (χ4n) is 3.75. The van der Waals surface area contributed by atoms with Gasteiger partial charge in [-0.25, -0.2) is 0 Å². The highest BCUT2D eigenvalue weighted by atomic mass is 16.4. The Morgan fingerprint density at radius 2 is 1.88 bits per heavy atom. The number of rotatable bonds is 10. The van der Waals surface area contributed by atoms with Crippen molar-refractivity contribution >= 4 is 13.8 Å². The Morgan fingerprint density at radius 1 is 1.20 bits per heavy atom. The van der Waals surface area contributed by atoms with Crippen molar-refractivity contribution in [1.29, 1.82) is 0 Å². The van der Waals surface area contributed by atoms with Crippen molar-refractivity contribution in [2.75, 3.05) is 19.6 Å². The number of carbonyl (C=O) groups is 1. The molecule has 0 bridgehead atoms. The van der Waals surface area contributed by atoms with Gasteiger partial charge in [0.2, 0.25) is 0 Å². The minimum Gasteiger partial charge on any atom is -0.480 e. The summed E-state index contributed by atoms with van der Waals surface area (Å²) in [5.41, 5.74) is 6.56. The zero-order chi connectivity index (χ0) is 18.1. The number of nitrogens with two attached hydrogens (primary N) is 1. The van der Waals surface area contributed by atoms with Gasteiger partial charge in [0.25, 0.3) is 0 Å². The molecular weight excluding hydrogens is 311 g/mol. The van der Waals surface area contributed by atoms with E-state index in [-0.39, 0.29) is 0 Å². The number of carboxylic acids is 1. The van der Waals surface area contributed by atoms with Gasteiger partial charge in [0, 0.05) is 6.54 Å². The number of benzene rings is 1. The van der Waals surface area contributed by atoms with Gasteiger partial charge in [-0.05, 0) is 56.7 Å². The van der Waals surface area contributed by atoms with Crippen molar-refractivity contribution in [3.63, 3.8) is 0 Å². The number of piperidine rings is 1. The predicted octanol–water partition coefficient (Wildman–Crippen LogP) is 2.33. The molecule has 1 saturated heterocycles. The zero-order valence-corrected chi connectivity index (χ0v) is 15.6. The van der Waals surface area contributed by atoms with E-state index in [2.05, 4.69) is 43.1 Å². The molecule has 1 heterocycles. The second kappa shape index (κ2) is 9.98. The molecule has 5 heteroatoms. The van der Waals surface area contributed by atoms with Gasteiger partial charge in [-0.2, -0.15) is 0 Å². The first-order chi connectivity index (χ1) is 12.0. The van der Waals surface area contributed by atoms with Gasteiger partial charge in [0.05, 0.1) is 0 Å². The van der Waals surface area contributed by atoms with E-state index < -0.39 is 11.5 Å². The lowest BCUT2D eigenvalue weighted by Gasteiger charge is -2.34. The van der Waals surface area contributed by atoms with Crippen molar-refractivity contribution in [3.05, 3.63) is 35.9 Å².